The fraction of sp³-hybridized carbons (Fsp3) is 0.450. The van der Waals surface area contributed by atoms with Gasteiger partial charge in [0.25, 0.3) is 0 Å². The van der Waals surface area contributed by atoms with Crippen LogP contribution < -0.4 is 5.32 Å². The van der Waals surface area contributed by atoms with E-state index in [1.54, 1.807) is 11.3 Å². The minimum absolute atomic E-state index is 0.142. The topological polar surface area (TPSA) is 35.6 Å². The van der Waals surface area contributed by atoms with Gasteiger partial charge in [0.1, 0.15) is 0 Å². The Bertz CT molecular complexity index is 636. The Hall–Kier alpha value is -1.69. The number of hydrogen-bond acceptors (Lipinski definition) is 4. The Labute approximate surface area is 154 Å². The van der Waals surface area contributed by atoms with Gasteiger partial charge in [-0.25, -0.2) is 0 Å². The number of carbonyl (C=O) groups is 1. The van der Waals surface area contributed by atoms with E-state index in [2.05, 4.69) is 57.9 Å². The Morgan fingerprint density at radius 2 is 1.88 bits per heavy atom. The Balaban J connectivity index is 1.56. The van der Waals surface area contributed by atoms with E-state index >= 15 is 0 Å². The minimum atomic E-state index is 0.142. The van der Waals surface area contributed by atoms with Crippen molar-refractivity contribution < 1.29 is 4.79 Å². The van der Waals surface area contributed by atoms with Crippen LogP contribution in [0, 0.1) is 0 Å². The first-order valence-electron chi connectivity index (χ1n) is 8.99. The molecule has 1 aliphatic rings. The molecule has 0 spiro atoms. The summed E-state index contributed by atoms with van der Waals surface area (Å²) in [6.07, 6.45) is 1.39. The summed E-state index contributed by atoms with van der Waals surface area (Å²) >= 11 is 1.72. The van der Waals surface area contributed by atoms with Gasteiger partial charge in [0.15, 0.2) is 0 Å². The van der Waals surface area contributed by atoms with E-state index in [9.17, 15) is 4.79 Å². The predicted octanol–water partition coefficient (Wildman–Crippen LogP) is 2.79. The van der Waals surface area contributed by atoms with E-state index in [-0.39, 0.29) is 11.9 Å². The van der Waals surface area contributed by atoms with Gasteiger partial charge in [-0.15, -0.1) is 11.3 Å². The first kappa shape index (κ1) is 18.1. The lowest BCUT2D eigenvalue weighted by molar-refractivity contribution is -0.121. The molecule has 0 bridgehead atoms. The van der Waals surface area contributed by atoms with E-state index in [1.165, 1.54) is 10.4 Å². The number of thiophene rings is 1. The van der Waals surface area contributed by atoms with Crippen LogP contribution in [0.2, 0.25) is 0 Å². The van der Waals surface area contributed by atoms with Crippen LogP contribution in [0.25, 0.3) is 0 Å². The van der Waals surface area contributed by atoms with Crippen LogP contribution in [-0.4, -0.2) is 55.5 Å². The van der Waals surface area contributed by atoms with Gasteiger partial charge in [0, 0.05) is 44.0 Å². The van der Waals surface area contributed by atoms with Crippen molar-refractivity contribution in [3.05, 3.63) is 58.3 Å². The molecule has 1 saturated heterocycles. The molecule has 5 heteroatoms. The molecule has 1 atom stereocenters. The number of amides is 1. The van der Waals surface area contributed by atoms with Crippen molar-refractivity contribution in [2.24, 2.45) is 0 Å². The second-order valence-electron chi connectivity index (χ2n) is 6.65. The molecule has 1 fully saturated rings. The number of carbonyl (C=O) groups excluding carboxylic acids is 1. The number of aryl methyl sites for hydroxylation is 1. The van der Waals surface area contributed by atoms with E-state index in [4.69, 9.17) is 0 Å². The molecular weight excluding hydrogens is 330 g/mol. The van der Waals surface area contributed by atoms with Crippen molar-refractivity contribution >= 4 is 17.2 Å². The number of nitrogens with zero attached hydrogens (tertiary/aromatic N) is 2. The van der Waals surface area contributed by atoms with Crippen LogP contribution in [0.15, 0.2) is 47.8 Å². The van der Waals surface area contributed by atoms with Crippen molar-refractivity contribution in [1.82, 2.24) is 15.1 Å². The highest BCUT2D eigenvalue weighted by Crippen LogP contribution is 2.21. The standard InChI is InChI=1S/C20H27N3OS/c1-22-11-13-23(14-12-22)19(17-6-3-2-4-7-17)16-21-20(24)10-9-18-8-5-15-25-18/h2-8,15,19H,9-14,16H2,1H3,(H,21,24). The number of hydrogen-bond donors (Lipinski definition) is 1. The second-order valence-corrected chi connectivity index (χ2v) is 7.68. The lowest BCUT2D eigenvalue weighted by atomic mass is 10.0. The van der Waals surface area contributed by atoms with Gasteiger partial charge in [-0.05, 0) is 30.5 Å². The third-order valence-corrected chi connectivity index (χ3v) is 5.77. The number of benzene rings is 1. The van der Waals surface area contributed by atoms with Crippen molar-refractivity contribution in [2.75, 3.05) is 39.8 Å². The molecule has 25 heavy (non-hydrogen) atoms. The first-order chi connectivity index (χ1) is 12.2. The summed E-state index contributed by atoms with van der Waals surface area (Å²) in [6, 6.07) is 14.9. The molecule has 1 aromatic heterocycles. The number of likely N-dealkylation sites (N-methyl/N-ethyl adjacent to an activating group) is 1. The van der Waals surface area contributed by atoms with Crippen LogP contribution in [0.5, 0.6) is 0 Å². The summed E-state index contributed by atoms with van der Waals surface area (Å²) in [5.74, 6) is 0.142. The van der Waals surface area contributed by atoms with Crippen LogP contribution in [0.3, 0.4) is 0 Å². The largest absolute Gasteiger partial charge is 0.354 e. The first-order valence-corrected chi connectivity index (χ1v) is 9.87. The molecule has 3 rings (SSSR count). The van der Waals surface area contributed by atoms with Crippen molar-refractivity contribution in [1.29, 1.82) is 0 Å². The minimum Gasteiger partial charge on any atom is -0.354 e. The summed E-state index contributed by atoms with van der Waals surface area (Å²) in [6.45, 7) is 4.92. The molecule has 0 radical (unpaired) electrons. The molecule has 0 aliphatic carbocycles. The van der Waals surface area contributed by atoms with Crippen molar-refractivity contribution in [2.45, 2.75) is 18.9 Å². The zero-order valence-corrected chi connectivity index (χ0v) is 15.7. The third-order valence-electron chi connectivity index (χ3n) is 4.83. The highest BCUT2D eigenvalue weighted by Gasteiger charge is 2.24. The molecule has 2 heterocycles. The fourth-order valence-electron chi connectivity index (χ4n) is 3.26. The maximum Gasteiger partial charge on any atom is 0.220 e. The van der Waals surface area contributed by atoms with Gasteiger partial charge in [0.05, 0.1) is 6.04 Å². The van der Waals surface area contributed by atoms with E-state index < -0.39 is 0 Å². The zero-order chi connectivity index (χ0) is 17.5. The molecule has 2 aromatic rings. The number of rotatable bonds is 7. The molecule has 4 nitrogen and oxygen atoms in total. The normalized spacial score (nSPS) is 17.3. The summed E-state index contributed by atoms with van der Waals surface area (Å²) in [5, 5.41) is 5.22. The van der Waals surface area contributed by atoms with Crippen LogP contribution in [-0.2, 0) is 11.2 Å². The molecule has 1 N–H and O–H groups in total. The van der Waals surface area contributed by atoms with Gasteiger partial charge in [-0.3, -0.25) is 9.69 Å². The molecule has 1 aliphatic heterocycles. The molecule has 1 aromatic carbocycles. The average Bonchev–Trinajstić information content (AvgIpc) is 3.16. The van der Waals surface area contributed by atoms with E-state index in [0.29, 0.717) is 13.0 Å². The Morgan fingerprint density at radius 3 is 2.56 bits per heavy atom. The number of nitrogens with one attached hydrogen (secondary N) is 1. The fourth-order valence-corrected chi connectivity index (χ4v) is 3.97. The summed E-state index contributed by atoms with van der Waals surface area (Å²) < 4.78 is 0. The highest BCUT2D eigenvalue weighted by atomic mass is 32.1. The van der Waals surface area contributed by atoms with Gasteiger partial charge in [-0.1, -0.05) is 36.4 Å². The van der Waals surface area contributed by atoms with E-state index in [1.807, 2.05) is 12.1 Å². The summed E-state index contributed by atoms with van der Waals surface area (Å²) in [4.78, 5) is 18.4. The molecule has 134 valence electrons. The summed E-state index contributed by atoms with van der Waals surface area (Å²) in [5.41, 5.74) is 1.28. The van der Waals surface area contributed by atoms with Crippen molar-refractivity contribution in [3.63, 3.8) is 0 Å². The highest BCUT2D eigenvalue weighted by molar-refractivity contribution is 7.09. The maximum atomic E-state index is 12.3. The van der Waals surface area contributed by atoms with Crippen molar-refractivity contribution in [3.8, 4) is 0 Å². The molecule has 0 saturated carbocycles. The zero-order valence-electron chi connectivity index (χ0n) is 14.9. The van der Waals surface area contributed by atoms with Crippen LogP contribution in [0.1, 0.15) is 22.9 Å². The Morgan fingerprint density at radius 1 is 1.12 bits per heavy atom. The lowest BCUT2D eigenvalue weighted by Crippen LogP contribution is -2.48. The van der Waals surface area contributed by atoms with Gasteiger partial charge in [0.2, 0.25) is 5.91 Å². The van der Waals surface area contributed by atoms with Gasteiger partial charge >= 0.3 is 0 Å². The van der Waals surface area contributed by atoms with E-state index in [0.717, 1.165) is 32.6 Å². The average molecular weight is 358 g/mol. The van der Waals surface area contributed by atoms with Gasteiger partial charge < -0.3 is 10.2 Å². The lowest BCUT2D eigenvalue weighted by Gasteiger charge is -2.38. The van der Waals surface area contributed by atoms with Crippen LogP contribution >= 0.6 is 11.3 Å². The quantitative estimate of drug-likeness (QED) is 0.828. The molecular formula is C20H27N3OS. The Kier molecular flexibility index (Phi) is 6.62. The smallest absolute Gasteiger partial charge is 0.220 e. The SMILES string of the molecule is CN1CCN(C(CNC(=O)CCc2cccs2)c2ccccc2)CC1. The van der Waals surface area contributed by atoms with Crippen LogP contribution in [0.4, 0.5) is 0 Å². The molecule has 1 unspecified atom stereocenters. The number of piperazine rings is 1. The second kappa shape index (κ2) is 9.13. The third kappa shape index (κ3) is 5.39. The summed E-state index contributed by atoms with van der Waals surface area (Å²) in [7, 11) is 2.17. The predicted molar refractivity (Wildman–Crippen MR) is 104 cm³/mol. The monoisotopic (exact) mass is 357 g/mol. The molecule has 1 amide bonds. The van der Waals surface area contributed by atoms with Gasteiger partial charge in [-0.2, -0.15) is 0 Å². The maximum absolute atomic E-state index is 12.3.